The molecule has 3 N–H and O–H groups in total. The first-order valence-electron chi connectivity index (χ1n) is 6.13. The van der Waals surface area contributed by atoms with Gasteiger partial charge < -0.3 is 11.1 Å². The zero-order chi connectivity index (χ0) is 14.5. The Morgan fingerprint density at radius 1 is 1.45 bits per heavy atom. The highest BCUT2D eigenvalue weighted by atomic mass is 32.1. The van der Waals surface area contributed by atoms with E-state index >= 15 is 0 Å². The van der Waals surface area contributed by atoms with Crippen LogP contribution in [-0.4, -0.2) is 17.4 Å². The number of amides is 1. The summed E-state index contributed by atoms with van der Waals surface area (Å²) < 4.78 is 0. The van der Waals surface area contributed by atoms with E-state index < -0.39 is 0 Å². The number of anilines is 1. The Bertz CT molecular complexity index is 695. The number of nitrogens with one attached hydrogen (secondary N) is 1. The number of nitrogens with two attached hydrogens (primary N) is 1. The van der Waals surface area contributed by atoms with Crippen LogP contribution in [0.15, 0.2) is 23.7 Å². The van der Waals surface area contributed by atoms with Crippen LogP contribution in [0.3, 0.4) is 0 Å². The number of hydrogen-bond acceptors (Lipinski definition) is 4. The molecule has 1 aromatic heterocycles. The van der Waals surface area contributed by atoms with Crippen LogP contribution < -0.4 is 11.1 Å². The smallest absolute Gasteiger partial charge is 0.267 e. The average molecular weight is 285 g/mol. The van der Waals surface area contributed by atoms with E-state index in [0.717, 1.165) is 22.5 Å². The maximum Gasteiger partial charge on any atom is 0.267 e. The first-order valence-corrected chi connectivity index (χ1v) is 7.01. The molecule has 1 aromatic carbocycles. The Morgan fingerprint density at radius 2 is 2.25 bits per heavy atom. The zero-order valence-corrected chi connectivity index (χ0v) is 12.2. The molecule has 0 atom stereocenters. The van der Waals surface area contributed by atoms with Crippen molar-refractivity contribution in [2.24, 2.45) is 5.73 Å². The summed E-state index contributed by atoms with van der Waals surface area (Å²) in [5.74, 6) is 5.64. The number of hydrogen-bond donors (Lipinski definition) is 2. The molecule has 0 radical (unpaired) electrons. The summed E-state index contributed by atoms with van der Waals surface area (Å²) in [4.78, 5) is 16.8. The van der Waals surface area contributed by atoms with Crippen LogP contribution >= 0.6 is 11.3 Å². The normalized spacial score (nSPS) is 9.75. The van der Waals surface area contributed by atoms with E-state index in [4.69, 9.17) is 5.73 Å². The summed E-state index contributed by atoms with van der Waals surface area (Å²) >= 11 is 1.34. The molecule has 4 nitrogen and oxygen atoms in total. The van der Waals surface area contributed by atoms with Crippen LogP contribution in [0.2, 0.25) is 0 Å². The second-order valence-corrected chi connectivity index (χ2v) is 5.11. The van der Waals surface area contributed by atoms with Crippen molar-refractivity contribution in [3.8, 4) is 11.8 Å². The fourth-order valence-corrected chi connectivity index (χ4v) is 2.43. The molecular weight excluding hydrogens is 270 g/mol. The Balaban J connectivity index is 2.18. The molecule has 0 aliphatic carbocycles. The van der Waals surface area contributed by atoms with Crippen LogP contribution in [0, 0.1) is 25.7 Å². The molecule has 0 unspecified atom stereocenters. The summed E-state index contributed by atoms with van der Waals surface area (Å²) in [5.41, 5.74) is 10.4. The minimum atomic E-state index is -0.131. The fraction of sp³-hybridized carbons (Fsp3) is 0.200. The van der Waals surface area contributed by atoms with Gasteiger partial charge in [-0.1, -0.05) is 11.8 Å². The maximum absolute atomic E-state index is 12.1. The topological polar surface area (TPSA) is 68.0 Å². The van der Waals surface area contributed by atoms with Gasteiger partial charge in [-0.2, -0.15) is 0 Å². The zero-order valence-electron chi connectivity index (χ0n) is 11.4. The first kappa shape index (κ1) is 14.3. The lowest BCUT2D eigenvalue weighted by atomic mass is 10.1. The van der Waals surface area contributed by atoms with Gasteiger partial charge in [0.25, 0.3) is 5.91 Å². The van der Waals surface area contributed by atoms with Crippen molar-refractivity contribution in [1.29, 1.82) is 0 Å². The minimum Gasteiger partial charge on any atom is -0.321 e. The molecule has 2 rings (SSSR count). The second-order valence-electron chi connectivity index (χ2n) is 4.26. The highest BCUT2D eigenvalue weighted by molar-refractivity contribution is 7.12. The van der Waals surface area contributed by atoms with Gasteiger partial charge in [0.15, 0.2) is 0 Å². The van der Waals surface area contributed by atoms with Gasteiger partial charge >= 0.3 is 0 Å². The van der Waals surface area contributed by atoms with Crippen molar-refractivity contribution in [3.05, 3.63) is 45.4 Å². The molecule has 0 spiro atoms. The Hall–Kier alpha value is -2.16. The van der Waals surface area contributed by atoms with Crippen molar-refractivity contribution in [2.45, 2.75) is 13.8 Å². The van der Waals surface area contributed by atoms with Gasteiger partial charge in [-0.15, -0.1) is 11.3 Å². The molecule has 102 valence electrons. The van der Waals surface area contributed by atoms with E-state index in [1.54, 1.807) is 5.51 Å². The van der Waals surface area contributed by atoms with Gasteiger partial charge in [-0.05, 0) is 37.6 Å². The fourth-order valence-electron chi connectivity index (χ4n) is 1.73. The Kier molecular flexibility index (Phi) is 4.51. The average Bonchev–Trinajstić information content (AvgIpc) is 2.85. The molecule has 1 amide bonds. The van der Waals surface area contributed by atoms with Gasteiger partial charge in [-0.25, -0.2) is 4.98 Å². The van der Waals surface area contributed by atoms with Crippen molar-refractivity contribution in [2.75, 3.05) is 11.9 Å². The number of carbonyl (C=O) groups is 1. The Labute approximate surface area is 122 Å². The van der Waals surface area contributed by atoms with Crippen LogP contribution in [0.25, 0.3) is 0 Å². The van der Waals surface area contributed by atoms with E-state index in [0.29, 0.717) is 11.4 Å². The van der Waals surface area contributed by atoms with Gasteiger partial charge in [0.1, 0.15) is 4.88 Å². The Morgan fingerprint density at radius 3 is 2.85 bits per heavy atom. The summed E-state index contributed by atoms with van der Waals surface area (Å²) in [5, 5.41) is 2.90. The number of nitrogens with zero attached hydrogens (tertiary/aromatic N) is 1. The van der Waals surface area contributed by atoms with E-state index in [1.807, 2.05) is 32.0 Å². The van der Waals surface area contributed by atoms with E-state index in [9.17, 15) is 4.79 Å². The summed E-state index contributed by atoms with van der Waals surface area (Å²) in [6, 6.07) is 5.65. The SMILES string of the molecule is Cc1cc(C#CCN)ccc1NC(=O)c1scnc1C. The number of carbonyl (C=O) groups excluding carboxylic acids is 1. The predicted octanol–water partition coefficient (Wildman–Crippen LogP) is 2.32. The third-order valence-corrected chi connectivity index (χ3v) is 3.69. The van der Waals surface area contributed by atoms with Crippen molar-refractivity contribution >= 4 is 22.9 Å². The largest absolute Gasteiger partial charge is 0.321 e. The lowest BCUT2D eigenvalue weighted by Crippen LogP contribution is -2.12. The summed E-state index contributed by atoms with van der Waals surface area (Å²) in [6.07, 6.45) is 0. The summed E-state index contributed by atoms with van der Waals surface area (Å²) in [7, 11) is 0. The van der Waals surface area contributed by atoms with Crippen molar-refractivity contribution in [1.82, 2.24) is 4.98 Å². The van der Waals surface area contributed by atoms with E-state index in [1.165, 1.54) is 11.3 Å². The van der Waals surface area contributed by atoms with Gasteiger partial charge in [0, 0.05) is 11.3 Å². The van der Waals surface area contributed by atoms with Crippen LogP contribution in [0.5, 0.6) is 0 Å². The summed E-state index contributed by atoms with van der Waals surface area (Å²) in [6.45, 7) is 4.09. The number of rotatable bonds is 2. The third-order valence-electron chi connectivity index (χ3n) is 2.76. The first-order chi connectivity index (χ1) is 9.61. The molecule has 1 heterocycles. The third kappa shape index (κ3) is 3.23. The number of benzene rings is 1. The number of thiazole rings is 1. The van der Waals surface area contributed by atoms with Crippen LogP contribution in [0.1, 0.15) is 26.5 Å². The lowest BCUT2D eigenvalue weighted by Gasteiger charge is -2.08. The lowest BCUT2D eigenvalue weighted by molar-refractivity contribution is 0.102. The van der Waals surface area contributed by atoms with Crippen LogP contribution in [0.4, 0.5) is 5.69 Å². The second kappa shape index (κ2) is 6.33. The van der Waals surface area contributed by atoms with Crippen molar-refractivity contribution < 1.29 is 4.79 Å². The number of aryl methyl sites for hydroxylation is 2. The highest BCUT2D eigenvalue weighted by Gasteiger charge is 2.12. The number of aromatic nitrogens is 1. The molecule has 0 saturated carbocycles. The molecule has 2 aromatic rings. The van der Waals surface area contributed by atoms with E-state index in [-0.39, 0.29) is 5.91 Å². The molecule has 20 heavy (non-hydrogen) atoms. The quantitative estimate of drug-likeness (QED) is 0.832. The molecule has 0 aliphatic heterocycles. The van der Waals surface area contributed by atoms with Crippen molar-refractivity contribution in [3.63, 3.8) is 0 Å². The monoisotopic (exact) mass is 285 g/mol. The molecule has 0 fully saturated rings. The molecule has 0 saturated heterocycles. The van der Waals surface area contributed by atoms with Gasteiger partial charge in [0.2, 0.25) is 0 Å². The standard InChI is InChI=1S/C15H15N3OS/c1-10-8-12(4-3-7-16)5-6-13(10)18-15(19)14-11(2)17-9-20-14/h5-6,8-9H,7,16H2,1-2H3,(H,18,19). The van der Waals surface area contributed by atoms with Gasteiger partial charge in [0.05, 0.1) is 17.7 Å². The molecule has 0 aliphatic rings. The molecular formula is C15H15N3OS. The molecule has 0 bridgehead atoms. The molecule has 5 heteroatoms. The van der Waals surface area contributed by atoms with Crippen LogP contribution in [-0.2, 0) is 0 Å². The predicted molar refractivity (Wildman–Crippen MR) is 81.9 cm³/mol. The van der Waals surface area contributed by atoms with E-state index in [2.05, 4.69) is 22.1 Å². The van der Waals surface area contributed by atoms with Gasteiger partial charge in [-0.3, -0.25) is 4.79 Å². The highest BCUT2D eigenvalue weighted by Crippen LogP contribution is 2.19. The maximum atomic E-state index is 12.1. The minimum absolute atomic E-state index is 0.131.